The summed E-state index contributed by atoms with van der Waals surface area (Å²) in [4.78, 5) is 16.6. The molecule has 7 heteroatoms. The average Bonchev–Trinajstić information content (AvgIpc) is 3.08. The van der Waals surface area contributed by atoms with Crippen molar-refractivity contribution in [2.24, 2.45) is 0 Å². The van der Waals surface area contributed by atoms with E-state index in [1.54, 1.807) is 19.1 Å². The van der Waals surface area contributed by atoms with Crippen LogP contribution in [0.4, 0.5) is 5.95 Å². The molecular formula is C20H20ClN3O3. The molecule has 0 spiro atoms. The van der Waals surface area contributed by atoms with Crippen molar-refractivity contribution < 1.29 is 14.1 Å². The van der Waals surface area contributed by atoms with Gasteiger partial charge < -0.3 is 9.26 Å². The van der Waals surface area contributed by atoms with E-state index in [-0.39, 0.29) is 11.9 Å². The van der Waals surface area contributed by atoms with Crippen molar-refractivity contribution in [3.63, 3.8) is 0 Å². The van der Waals surface area contributed by atoms with E-state index >= 15 is 0 Å². The number of aromatic nitrogens is 2. The van der Waals surface area contributed by atoms with Crippen LogP contribution in [0.3, 0.4) is 0 Å². The summed E-state index contributed by atoms with van der Waals surface area (Å²) >= 11 is 6.16. The Hall–Kier alpha value is -2.86. The molecule has 0 saturated carbocycles. The molecule has 1 N–H and O–H groups in total. The number of rotatable bonds is 5. The van der Waals surface area contributed by atoms with Crippen LogP contribution in [0.25, 0.3) is 11.5 Å². The molecule has 0 fully saturated rings. The lowest BCUT2D eigenvalue weighted by atomic mass is 10.1. The third-order valence-corrected chi connectivity index (χ3v) is 4.65. The highest BCUT2D eigenvalue weighted by Crippen LogP contribution is 2.26. The zero-order valence-electron chi connectivity index (χ0n) is 15.5. The van der Waals surface area contributed by atoms with Crippen molar-refractivity contribution in [1.29, 1.82) is 0 Å². The molecule has 0 aliphatic heterocycles. The Bertz CT molecular complexity index is 944. The molecular weight excluding hydrogens is 366 g/mol. The van der Waals surface area contributed by atoms with E-state index in [0.29, 0.717) is 16.7 Å². The fourth-order valence-electron chi connectivity index (χ4n) is 2.53. The summed E-state index contributed by atoms with van der Waals surface area (Å²) in [6.45, 7) is 7.42. The van der Waals surface area contributed by atoms with Crippen LogP contribution in [0.15, 0.2) is 40.9 Å². The van der Waals surface area contributed by atoms with Crippen LogP contribution >= 0.6 is 11.6 Å². The largest absolute Gasteiger partial charge is 0.481 e. The summed E-state index contributed by atoms with van der Waals surface area (Å²) in [5.41, 5.74) is 3.69. The molecule has 140 valence electrons. The lowest BCUT2D eigenvalue weighted by Gasteiger charge is -2.15. The van der Waals surface area contributed by atoms with Crippen molar-refractivity contribution >= 4 is 23.5 Å². The van der Waals surface area contributed by atoms with E-state index in [2.05, 4.69) is 15.5 Å². The minimum absolute atomic E-state index is 0.0921. The third-order valence-electron chi connectivity index (χ3n) is 4.05. The number of benzene rings is 2. The molecule has 0 saturated heterocycles. The van der Waals surface area contributed by atoms with Gasteiger partial charge in [-0.25, -0.2) is 0 Å². The highest BCUT2D eigenvalue weighted by Gasteiger charge is 2.19. The number of nitrogens with zero attached hydrogens (tertiary/aromatic N) is 2. The minimum Gasteiger partial charge on any atom is -0.481 e. The van der Waals surface area contributed by atoms with Gasteiger partial charge in [-0.05, 0) is 68.2 Å². The van der Waals surface area contributed by atoms with Crippen LogP contribution in [-0.2, 0) is 4.79 Å². The molecule has 3 rings (SSSR count). The number of hydrogen-bond acceptors (Lipinski definition) is 5. The van der Waals surface area contributed by atoms with E-state index < -0.39 is 6.10 Å². The van der Waals surface area contributed by atoms with Gasteiger partial charge in [0.25, 0.3) is 17.7 Å². The lowest BCUT2D eigenvalue weighted by Crippen LogP contribution is -2.30. The molecule has 1 unspecified atom stereocenters. The predicted octanol–water partition coefficient (Wildman–Crippen LogP) is 4.72. The molecule has 0 bridgehead atoms. The van der Waals surface area contributed by atoms with Gasteiger partial charge in [-0.15, -0.1) is 0 Å². The van der Waals surface area contributed by atoms with Gasteiger partial charge >= 0.3 is 0 Å². The number of anilines is 1. The second-order valence-corrected chi connectivity index (χ2v) is 6.79. The maximum atomic E-state index is 12.4. The molecule has 0 aliphatic rings. The van der Waals surface area contributed by atoms with Gasteiger partial charge in [-0.1, -0.05) is 29.3 Å². The monoisotopic (exact) mass is 385 g/mol. The SMILES string of the molecule is Cc1ccc(-c2nc(NC(=O)C(C)Oc3cc(C)c(Cl)c(C)c3)no2)cc1. The second kappa shape index (κ2) is 7.80. The summed E-state index contributed by atoms with van der Waals surface area (Å²) in [7, 11) is 0. The topological polar surface area (TPSA) is 77.2 Å². The first-order valence-corrected chi connectivity index (χ1v) is 8.86. The number of carbonyl (C=O) groups is 1. The molecule has 3 aromatic rings. The summed E-state index contributed by atoms with van der Waals surface area (Å²) in [5.74, 6) is 0.624. The lowest BCUT2D eigenvalue weighted by molar-refractivity contribution is -0.122. The molecule has 27 heavy (non-hydrogen) atoms. The first kappa shape index (κ1) is 18.9. The number of halogens is 1. The van der Waals surface area contributed by atoms with Gasteiger partial charge in [-0.3, -0.25) is 10.1 Å². The molecule has 1 aromatic heterocycles. The fourth-order valence-corrected chi connectivity index (χ4v) is 2.64. The van der Waals surface area contributed by atoms with Gasteiger partial charge in [0.2, 0.25) is 0 Å². The van der Waals surface area contributed by atoms with Gasteiger partial charge in [0.05, 0.1) is 0 Å². The average molecular weight is 386 g/mol. The highest BCUT2D eigenvalue weighted by atomic mass is 35.5. The van der Waals surface area contributed by atoms with E-state index in [4.69, 9.17) is 20.9 Å². The number of carbonyl (C=O) groups excluding carboxylic acids is 1. The van der Waals surface area contributed by atoms with E-state index in [9.17, 15) is 4.79 Å². The zero-order chi connectivity index (χ0) is 19.6. The van der Waals surface area contributed by atoms with Gasteiger partial charge in [0, 0.05) is 10.6 Å². The second-order valence-electron chi connectivity index (χ2n) is 6.41. The Morgan fingerprint density at radius 1 is 1.15 bits per heavy atom. The first-order valence-electron chi connectivity index (χ1n) is 8.48. The Morgan fingerprint density at radius 2 is 1.78 bits per heavy atom. The Labute approximate surface area is 162 Å². The van der Waals surface area contributed by atoms with Gasteiger partial charge in [0.1, 0.15) is 5.75 Å². The van der Waals surface area contributed by atoms with E-state index in [1.165, 1.54) is 0 Å². The van der Waals surface area contributed by atoms with Crippen LogP contribution in [0.5, 0.6) is 5.75 Å². The Kier molecular flexibility index (Phi) is 5.46. The molecule has 1 heterocycles. The van der Waals surface area contributed by atoms with Crippen LogP contribution < -0.4 is 10.1 Å². The first-order chi connectivity index (χ1) is 12.8. The Morgan fingerprint density at radius 3 is 2.41 bits per heavy atom. The van der Waals surface area contributed by atoms with Crippen LogP contribution in [-0.4, -0.2) is 22.2 Å². The fraction of sp³-hybridized carbons (Fsp3) is 0.250. The van der Waals surface area contributed by atoms with Crippen LogP contribution in [0.1, 0.15) is 23.6 Å². The van der Waals surface area contributed by atoms with E-state index in [1.807, 2.05) is 45.0 Å². The number of hydrogen-bond donors (Lipinski definition) is 1. The summed E-state index contributed by atoms with van der Waals surface area (Å²) in [6.07, 6.45) is -0.744. The van der Waals surface area contributed by atoms with Crippen molar-refractivity contribution in [3.8, 4) is 17.2 Å². The predicted molar refractivity (Wildman–Crippen MR) is 104 cm³/mol. The standard InChI is InChI=1S/C20H20ClN3O3/c1-11-5-7-15(8-6-11)19-23-20(24-27-19)22-18(25)14(4)26-16-9-12(2)17(21)13(3)10-16/h5-10,14H,1-4H3,(H,22,24,25). The number of nitrogens with one attached hydrogen (secondary N) is 1. The van der Waals surface area contributed by atoms with Crippen molar-refractivity contribution in [3.05, 3.63) is 58.1 Å². The molecule has 0 aliphatic carbocycles. The summed E-state index contributed by atoms with van der Waals surface area (Å²) < 4.78 is 10.9. The quantitative estimate of drug-likeness (QED) is 0.687. The number of amides is 1. The Balaban J connectivity index is 1.66. The summed E-state index contributed by atoms with van der Waals surface area (Å²) in [6, 6.07) is 11.2. The van der Waals surface area contributed by atoms with Crippen molar-refractivity contribution in [1.82, 2.24) is 10.1 Å². The zero-order valence-corrected chi connectivity index (χ0v) is 16.3. The van der Waals surface area contributed by atoms with Crippen molar-refractivity contribution in [2.45, 2.75) is 33.8 Å². The molecule has 1 atom stereocenters. The van der Waals surface area contributed by atoms with E-state index in [0.717, 1.165) is 22.3 Å². The molecule has 0 radical (unpaired) electrons. The highest BCUT2D eigenvalue weighted by molar-refractivity contribution is 6.32. The molecule has 6 nitrogen and oxygen atoms in total. The smallest absolute Gasteiger partial charge is 0.270 e. The molecule has 1 amide bonds. The maximum absolute atomic E-state index is 12.4. The van der Waals surface area contributed by atoms with Crippen LogP contribution in [0.2, 0.25) is 5.02 Å². The number of ether oxygens (including phenoxy) is 1. The van der Waals surface area contributed by atoms with Crippen LogP contribution in [0, 0.1) is 20.8 Å². The third kappa shape index (κ3) is 4.46. The van der Waals surface area contributed by atoms with Gasteiger partial charge in [-0.2, -0.15) is 4.98 Å². The minimum atomic E-state index is -0.744. The maximum Gasteiger partial charge on any atom is 0.270 e. The summed E-state index contributed by atoms with van der Waals surface area (Å²) in [5, 5.41) is 7.08. The van der Waals surface area contributed by atoms with Crippen molar-refractivity contribution in [2.75, 3.05) is 5.32 Å². The number of aryl methyl sites for hydroxylation is 3. The van der Waals surface area contributed by atoms with Gasteiger partial charge in [0.15, 0.2) is 6.10 Å². The normalized spacial score (nSPS) is 11.9. The molecule has 2 aromatic carbocycles.